The topological polar surface area (TPSA) is 83.7 Å². The molecule has 0 saturated carbocycles. The van der Waals surface area contributed by atoms with Gasteiger partial charge in [-0.2, -0.15) is 20.3 Å². The molecule has 0 spiro atoms. The molecular formula is C18H16N4O3. The third kappa shape index (κ3) is 3.45. The molecule has 0 radical (unpaired) electrons. The number of benzene rings is 2. The van der Waals surface area contributed by atoms with E-state index in [1.807, 2.05) is 18.2 Å². The van der Waals surface area contributed by atoms with Crippen LogP contribution in [0.3, 0.4) is 0 Å². The first-order chi connectivity index (χ1) is 12.1. The van der Waals surface area contributed by atoms with Gasteiger partial charge < -0.3 is 4.74 Å². The van der Waals surface area contributed by atoms with Crippen LogP contribution in [-0.2, 0) is 9.53 Å². The molecule has 7 nitrogen and oxygen atoms in total. The third-order valence-electron chi connectivity index (χ3n) is 3.67. The maximum atomic E-state index is 12.5. The van der Waals surface area contributed by atoms with Gasteiger partial charge in [0.05, 0.1) is 29.8 Å². The molecule has 3 rings (SSSR count). The van der Waals surface area contributed by atoms with Crippen molar-refractivity contribution in [3.63, 3.8) is 0 Å². The van der Waals surface area contributed by atoms with Gasteiger partial charge in [0.1, 0.15) is 0 Å². The highest BCUT2D eigenvalue weighted by Gasteiger charge is 2.34. The Bertz CT molecular complexity index is 844. The Morgan fingerprint density at radius 2 is 1.80 bits per heavy atom. The first kappa shape index (κ1) is 16.5. The number of hydrogen-bond acceptors (Lipinski definition) is 6. The summed E-state index contributed by atoms with van der Waals surface area (Å²) >= 11 is 0. The number of nitrogens with zero attached hydrogens (tertiary/aromatic N) is 4. The van der Waals surface area contributed by atoms with E-state index in [0.29, 0.717) is 22.6 Å². The summed E-state index contributed by atoms with van der Waals surface area (Å²) in [5.41, 5.74) is 2.22. The van der Waals surface area contributed by atoms with Crippen LogP contribution in [0.2, 0.25) is 0 Å². The molecule has 2 aromatic rings. The summed E-state index contributed by atoms with van der Waals surface area (Å²) in [5.74, 6) is -0.672. The van der Waals surface area contributed by atoms with E-state index < -0.39 is 12.0 Å². The summed E-state index contributed by atoms with van der Waals surface area (Å²) < 4.78 is 4.64. The molecule has 0 bridgehead atoms. The van der Waals surface area contributed by atoms with E-state index in [-0.39, 0.29) is 5.91 Å². The molecule has 126 valence electrons. The lowest BCUT2D eigenvalue weighted by atomic mass is 10.2. The van der Waals surface area contributed by atoms with Crippen molar-refractivity contribution >= 4 is 29.0 Å². The Morgan fingerprint density at radius 3 is 2.44 bits per heavy atom. The SMILES string of the molecule is COC(=O)c1ccc(N=N[C@H]2C(=O)N(c3ccccc3)N=C2C)cc1. The van der Waals surface area contributed by atoms with Crippen molar-refractivity contribution in [2.45, 2.75) is 13.0 Å². The minimum Gasteiger partial charge on any atom is -0.465 e. The number of hydrazone groups is 1. The third-order valence-corrected chi connectivity index (χ3v) is 3.67. The van der Waals surface area contributed by atoms with Crippen LogP contribution >= 0.6 is 0 Å². The van der Waals surface area contributed by atoms with Gasteiger partial charge in [0.2, 0.25) is 0 Å². The van der Waals surface area contributed by atoms with E-state index in [2.05, 4.69) is 20.1 Å². The minimum atomic E-state index is -0.750. The van der Waals surface area contributed by atoms with Crippen molar-refractivity contribution in [3.8, 4) is 0 Å². The van der Waals surface area contributed by atoms with Crippen LogP contribution in [0.25, 0.3) is 0 Å². The minimum absolute atomic E-state index is 0.251. The molecule has 2 aromatic carbocycles. The number of hydrogen-bond donors (Lipinski definition) is 0. The fraction of sp³-hybridized carbons (Fsp3) is 0.167. The molecule has 0 aromatic heterocycles. The van der Waals surface area contributed by atoms with Gasteiger partial charge in [0.15, 0.2) is 6.04 Å². The van der Waals surface area contributed by atoms with Crippen molar-refractivity contribution in [1.29, 1.82) is 0 Å². The molecule has 1 aliphatic rings. The van der Waals surface area contributed by atoms with Gasteiger partial charge in [-0.15, -0.1) is 0 Å². The van der Waals surface area contributed by atoms with Crippen LogP contribution in [0.1, 0.15) is 17.3 Å². The van der Waals surface area contributed by atoms with Crippen LogP contribution in [0, 0.1) is 0 Å². The normalized spacial score (nSPS) is 17.0. The van der Waals surface area contributed by atoms with Gasteiger partial charge in [0.25, 0.3) is 5.91 Å². The summed E-state index contributed by atoms with van der Waals surface area (Å²) in [7, 11) is 1.32. The van der Waals surface area contributed by atoms with E-state index in [9.17, 15) is 9.59 Å². The molecule has 7 heteroatoms. The first-order valence-electron chi connectivity index (χ1n) is 7.63. The molecule has 25 heavy (non-hydrogen) atoms. The number of ether oxygens (including phenoxy) is 1. The molecule has 1 atom stereocenters. The molecule has 1 heterocycles. The monoisotopic (exact) mass is 336 g/mol. The maximum Gasteiger partial charge on any atom is 0.337 e. The number of para-hydroxylation sites is 1. The molecule has 0 fully saturated rings. The largest absolute Gasteiger partial charge is 0.465 e. The quantitative estimate of drug-likeness (QED) is 0.634. The van der Waals surface area contributed by atoms with E-state index in [1.165, 1.54) is 12.1 Å². The second-order valence-corrected chi connectivity index (χ2v) is 5.38. The number of amides is 1. The van der Waals surface area contributed by atoms with Crippen molar-refractivity contribution in [1.82, 2.24) is 0 Å². The molecular weight excluding hydrogens is 320 g/mol. The van der Waals surface area contributed by atoms with Crippen LogP contribution < -0.4 is 5.01 Å². The van der Waals surface area contributed by atoms with Crippen LogP contribution in [-0.4, -0.2) is 30.7 Å². The number of rotatable bonds is 4. The highest BCUT2D eigenvalue weighted by atomic mass is 16.5. The fourth-order valence-electron chi connectivity index (χ4n) is 2.35. The maximum absolute atomic E-state index is 12.5. The lowest BCUT2D eigenvalue weighted by Crippen LogP contribution is -2.29. The van der Waals surface area contributed by atoms with Crippen LogP contribution in [0.5, 0.6) is 0 Å². The van der Waals surface area contributed by atoms with Gasteiger partial charge in [-0.05, 0) is 43.3 Å². The average Bonchev–Trinajstić information content (AvgIpc) is 2.94. The van der Waals surface area contributed by atoms with Crippen molar-refractivity contribution in [2.75, 3.05) is 12.1 Å². The Balaban J connectivity index is 1.75. The predicted octanol–water partition coefficient (Wildman–Crippen LogP) is 3.35. The Morgan fingerprint density at radius 1 is 1.12 bits per heavy atom. The van der Waals surface area contributed by atoms with E-state index >= 15 is 0 Å². The van der Waals surface area contributed by atoms with Gasteiger partial charge in [0, 0.05) is 0 Å². The molecule has 1 amide bonds. The molecule has 0 aliphatic carbocycles. The van der Waals surface area contributed by atoms with Gasteiger partial charge in [-0.25, -0.2) is 4.79 Å². The molecule has 0 unspecified atom stereocenters. The van der Waals surface area contributed by atoms with Crippen molar-refractivity contribution < 1.29 is 14.3 Å². The Labute approximate surface area is 144 Å². The zero-order valence-electron chi connectivity index (χ0n) is 13.8. The molecule has 1 aliphatic heterocycles. The standard InChI is InChI=1S/C18H16N4O3/c1-12-16(17(23)22(21-12)15-6-4-3-5-7-15)20-19-14-10-8-13(9-11-14)18(24)25-2/h3-11,16H,1-2H3/t16-/m1/s1. The number of carbonyl (C=O) groups excluding carboxylic acids is 2. The van der Waals surface area contributed by atoms with Gasteiger partial charge >= 0.3 is 5.97 Å². The van der Waals surface area contributed by atoms with E-state index in [4.69, 9.17) is 0 Å². The number of anilines is 1. The Kier molecular flexibility index (Phi) is 4.65. The summed E-state index contributed by atoms with van der Waals surface area (Å²) in [6, 6.07) is 14.9. The summed E-state index contributed by atoms with van der Waals surface area (Å²) in [6.07, 6.45) is 0. The summed E-state index contributed by atoms with van der Waals surface area (Å²) in [6.45, 7) is 1.74. The number of carbonyl (C=O) groups is 2. The van der Waals surface area contributed by atoms with Gasteiger partial charge in [-0.3, -0.25) is 4.79 Å². The van der Waals surface area contributed by atoms with E-state index in [0.717, 1.165) is 0 Å². The van der Waals surface area contributed by atoms with Crippen LogP contribution in [0.15, 0.2) is 69.9 Å². The average molecular weight is 336 g/mol. The lowest BCUT2D eigenvalue weighted by molar-refractivity contribution is -0.117. The number of azo groups is 1. The number of esters is 1. The second kappa shape index (κ2) is 7.04. The van der Waals surface area contributed by atoms with E-state index in [1.54, 1.807) is 43.3 Å². The fourth-order valence-corrected chi connectivity index (χ4v) is 2.35. The first-order valence-corrected chi connectivity index (χ1v) is 7.63. The second-order valence-electron chi connectivity index (χ2n) is 5.38. The highest BCUT2D eigenvalue weighted by Crippen LogP contribution is 2.23. The number of methoxy groups -OCH3 is 1. The highest BCUT2D eigenvalue weighted by molar-refractivity contribution is 6.18. The predicted molar refractivity (Wildman–Crippen MR) is 93.1 cm³/mol. The zero-order chi connectivity index (χ0) is 17.8. The molecule has 0 saturated heterocycles. The van der Waals surface area contributed by atoms with Crippen molar-refractivity contribution in [2.24, 2.45) is 15.3 Å². The zero-order valence-corrected chi connectivity index (χ0v) is 13.8. The Hall–Kier alpha value is -3.35. The lowest BCUT2D eigenvalue weighted by Gasteiger charge is -2.11. The summed E-state index contributed by atoms with van der Waals surface area (Å²) in [5, 5.41) is 13.8. The van der Waals surface area contributed by atoms with Crippen LogP contribution in [0.4, 0.5) is 11.4 Å². The smallest absolute Gasteiger partial charge is 0.337 e. The van der Waals surface area contributed by atoms with Crippen molar-refractivity contribution in [3.05, 3.63) is 60.2 Å². The van der Waals surface area contributed by atoms with Gasteiger partial charge in [-0.1, -0.05) is 18.2 Å². The summed E-state index contributed by atoms with van der Waals surface area (Å²) in [4.78, 5) is 23.9. The molecule has 0 N–H and O–H groups in total.